The Morgan fingerprint density at radius 1 is 0.825 bits per heavy atom. The van der Waals surface area contributed by atoms with Gasteiger partial charge < -0.3 is 30.3 Å². The van der Waals surface area contributed by atoms with Gasteiger partial charge in [0.05, 0.1) is 12.5 Å². The Hall–Kier alpha value is -3.31. The molecule has 0 bridgehead atoms. The van der Waals surface area contributed by atoms with E-state index in [1.54, 1.807) is 0 Å². The molecule has 0 saturated carbocycles. The maximum Gasteiger partial charge on any atom is 0.335 e. The number of carboxylic acids is 2. The van der Waals surface area contributed by atoms with Crippen molar-refractivity contribution in [3.05, 3.63) is 65.2 Å². The van der Waals surface area contributed by atoms with Crippen molar-refractivity contribution in [3.8, 4) is 5.75 Å². The van der Waals surface area contributed by atoms with E-state index < -0.39 is 24.1 Å². The van der Waals surface area contributed by atoms with Gasteiger partial charge in [0.1, 0.15) is 5.75 Å². The molecule has 0 radical (unpaired) electrons. The van der Waals surface area contributed by atoms with Crippen molar-refractivity contribution < 1.29 is 44.7 Å². The van der Waals surface area contributed by atoms with E-state index in [1.807, 2.05) is 50.2 Å². The minimum Gasteiger partial charge on any atom is -0.479 e. The number of nitrogens with zero attached hydrogens (tertiary/aromatic N) is 1. The number of carboxylic acid groups (broad SMARTS) is 2. The Morgan fingerprint density at radius 3 is 1.77 bits per heavy atom. The first-order valence-corrected chi connectivity index (χ1v) is 13.3. The van der Waals surface area contributed by atoms with Gasteiger partial charge in [-0.05, 0) is 63.9 Å². The highest BCUT2D eigenvalue weighted by Crippen LogP contribution is 2.36. The topological polar surface area (TPSA) is 165 Å². The van der Waals surface area contributed by atoms with Gasteiger partial charge in [0, 0.05) is 23.6 Å². The van der Waals surface area contributed by atoms with E-state index in [2.05, 4.69) is 44.7 Å². The highest BCUT2D eigenvalue weighted by Gasteiger charge is 2.29. The number of rotatable bonds is 13. The van der Waals surface area contributed by atoms with Gasteiger partial charge in [-0.25, -0.2) is 9.59 Å². The number of hydrogen-bond acceptors (Lipinski definition) is 8. The Balaban J connectivity index is 0.000000680. The highest BCUT2D eigenvalue weighted by molar-refractivity contribution is 5.83. The average Bonchev–Trinajstić information content (AvgIpc) is 2.90. The van der Waals surface area contributed by atoms with Gasteiger partial charge >= 0.3 is 17.9 Å². The molecule has 0 fully saturated rings. The lowest BCUT2D eigenvalue weighted by Gasteiger charge is -2.32. The SMILES string of the molecule is CC(C)C(=O)Oc1ccc(CO)cc1[C@H](CCN(C(C)C)C(C)C)c1ccccc1.O=C(O)[C@H](O)[C@@H](O)C(=O)O. The molecular weight excluding hydrogens is 518 g/mol. The van der Waals surface area contributed by atoms with Gasteiger partial charge in [0.15, 0.2) is 12.2 Å². The van der Waals surface area contributed by atoms with E-state index in [1.165, 1.54) is 5.56 Å². The second kappa shape index (κ2) is 16.7. The van der Waals surface area contributed by atoms with Crippen molar-refractivity contribution in [1.29, 1.82) is 0 Å². The molecule has 0 aromatic heterocycles. The largest absolute Gasteiger partial charge is 0.479 e. The average molecular weight is 562 g/mol. The van der Waals surface area contributed by atoms with Crippen LogP contribution in [0.3, 0.4) is 0 Å². The normalized spacial score (nSPS) is 13.5. The van der Waals surface area contributed by atoms with Crippen molar-refractivity contribution in [3.63, 3.8) is 0 Å². The van der Waals surface area contributed by atoms with Crippen LogP contribution in [-0.4, -0.2) is 79.2 Å². The van der Waals surface area contributed by atoms with Gasteiger partial charge in [0.2, 0.25) is 0 Å². The van der Waals surface area contributed by atoms with Crippen molar-refractivity contribution >= 4 is 17.9 Å². The predicted molar refractivity (Wildman–Crippen MR) is 150 cm³/mol. The number of aliphatic hydroxyl groups excluding tert-OH is 3. The number of benzene rings is 2. The van der Waals surface area contributed by atoms with Crippen LogP contribution in [-0.2, 0) is 21.0 Å². The van der Waals surface area contributed by atoms with E-state index >= 15 is 0 Å². The molecule has 0 aliphatic carbocycles. The van der Waals surface area contributed by atoms with Crippen LogP contribution < -0.4 is 4.74 Å². The van der Waals surface area contributed by atoms with E-state index in [9.17, 15) is 19.5 Å². The second-order valence-electron chi connectivity index (χ2n) is 10.3. The fourth-order valence-corrected chi connectivity index (χ4v) is 4.14. The monoisotopic (exact) mass is 561 g/mol. The number of carbonyl (C=O) groups excluding carboxylic acids is 1. The Bertz CT molecular complexity index is 1060. The van der Waals surface area contributed by atoms with Crippen LogP contribution in [0.5, 0.6) is 5.75 Å². The molecule has 0 unspecified atom stereocenters. The molecule has 2 rings (SSSR count). The summed E-state index contributed by atoms with van der Waals surface area (Å²) in [4.78, 5) is 34.4. The lowest BCUT2D eigenvalue weighted by atomic mass is 9.86. The van der Waals surface area contributed by atoms with Crippen LogP contribution in [0.1, 0.15) is 70.6 Å². The third kappa shape index (κ3) is 10.7. The van der Waals surface area contributed by atoms with Crippen LogP contribution >= 0.6 is 0 Å². The zero-order valence-electron chi connectivity index (χ0n) is 24.0. The number of carbonyl (C=O) groups is 3. The Morgan fingerprint density at radius 2 is 1.35 bits per heavy atom. The summed E-state index contributed by atoms with van der Waals surface area (Å²) in [7, 11) is 0. The van der Waals surface area contributed by atoms with Crippen LogP contribution in [0.2, 0.25) is 0 Å². The molecule has 10 nitrogen and oxygen atoms in total. The molecule has 2 aromatic rings. The summed E-state index contributed by atoms with van der Waals surface area (Å²) < 4.78 is 5.78. The third-order valence-corrected chi connectivity index (χ3v) is 6.32. The third-order valence-electron chi connectivity index (χ3n) is 6.32. The van der Waals surface area contributed by atoms with Crippen LogP contribution in [0.4, 0.5) is 0 Å². The standard InChI is InChI=1S/C26H37NO3.C4H6O6/c1-18(2)26(29)30-25-13-12-21(17-28)16-24(25)23(22-10-8-7-9-11-22)14-15-27(19(3)4)20(5)6;5-1(3(7)8)2(6)4(9)10/h7-13,16,18-20,23,28H,14-15,17H2,1-6H3;1-2,5-6H,(H,7,8)(H,9,10)/t23-;1-,2-/m11/s1. The fraction of sp³-hybridized carbons (Fsp3) is 0.500. The quantitative estimate of drug-likeness (QED) is 0.181. The fourth-order valence-electron chi connectivity index (χ4n) is 4.14. The predicted octanol–water partition coefficient (Wildman–Crippen LogP) is 3.26. The molecule has 0 aliphatic heterocycles. The molecule has 3 atom stereocenters. The van der Waals surface area contributed by atoms with Crippen molar-refractivity contribution in [2.24, 2.45) is 5.92 Å². The van der Waals surface area contributed by atoms with Crippen LogP contribution in [0.25, 0.3) is 0 Å². The van der Waals surface area contributed by atoms with Crippen molar-refractivity contribution in [2.45, 2.75) is 84.8 Å². The molecule has 0 amide bonds. The Labute approximate surface area is 235 Å². The number of aliphatic carboxylic acids is 2. The molecule has 0 aliphatic rings. The first kappa shape index (κ1) is 34.7. The van der Waals surface area contributed by atoms with Gasteiger partial charge in [-0.15, -0.1) is 0 Å². The molecular formula is C30H43NO9. The van der Waals surface area contributed by atoms with E-state index in [0.29, 0.717) is 17.8 Å². The minimum atomic E-state index is -2.27. The first-order valence-electron chi connectivity index (χ1n) is 13.3. The summed E-state index contributed by atoms with van der Waals surface area (Å²) >= 11 is 0. The minimum absolute atomic E-state index is 0.0446. The summed E-state index contributed by atoms with van der Waals surface area (Å²) in [6, 6.07) is 16.9. The smallest absolute Gasteiger partial charge is 0.335 e. The zero-order chi connectivity index (χ0) is 30.6. The number of ether oxygens (including phenoxy) is 1. The van der Waals surface area contributed by atoms with Crippen LogP contribution in [0.15, 0.2) is 48.5 Å². The second-order valence-corrected chi connectivity index (χ2v) is 10.3. The summed E-state index contributed by atoms with van der Waals surface area (Å²) in [5.74, 6) is -3.34. The number of aliphatic hydroxyl groups is 3. The molecule has 0 heterocycles. The van der Waals surface area contributed by atoms with Crippen molar-refractivity contribution in [1.82, 2.24) is 4.90 Å². The molecule has 40 heavy (non-hydrogen) atoms. The molecule has 10 heteroatoms. The van der Waals surface area contributed by atoms with E-state index in [-0.39, 0.29) is 24.4 Å². The summed E-state index contributed by atoms with van der Waals surface area (Å²) in [5, 5.41) is 42.2. The zero-order valence-corrected chi connectivity index (χ0v) is 24.0. The molecule has 0 spiro atoms. The summed E-state index contributed by atoms with van der Waals surface area (Å²) in [5.41, 5.74) is 2.95. The maximum atomic E-state index is 12.3. The number of esters is 1. The first-order chi connectivity index (χ1) is 18.7. The molecule has 2 aromatic carbocycles. The van der Waals surface area contributed by atoms with Crippen molar-refractivity contribution in [2.75, 3.05) is 6.54 Å². The Kier molecular flexibility index (Phi) is 14.5. The molecule has 0 saturated heterocycles. The van der Waals surface area contributed by atoms with Gasteiger partial charge in [-0.3, -0.25) is 9.69 Å². The summed E-state index contributed by atoms with van der Waals surface area (Å²) in [6.45, 7) is 13.4. The summed E-state index contributed by atoms with van der Waals surface area (Å²) in [6.07, 6.45) is -3.64. The highest BCUT2D eigenvalue weighted by atomic mass is 16.5. The van der Waals surface area contributed by atoms with Gasteiger partial charge in [-0.2, -0.15) is 0 Å². The molecule has 222 valence electrons. The van der Waals surface area contributed by atoms with E-state index in [0.717, 1.165) is 24.1 Å². The van der Waals surface area contributed by atoms with Gasteiger partial charge in [-0.1, -0.05) is 50.2 Å². The van der Waals surface area contributed by atoms with Crippen LogP contribution in [0, 0.1) is 5.92 Å². The lowest BCUT2D eigenvalue weighted by Crippen LogP contribution is -2.39. The maximum absolute atomic E-state index is 12.3. The number of hydrogen-bond donors (Lipinski definition) is 5. The van der Waals surface area contributed by atoms with E-state index in [4.69, 9.17) is 25.2 Å². The lowest BCUT2D eigenvalue weighted by molar-refractivity contribution is -0.165. The van der Waals surface area contributed by atoms with Gasteiger partial charge in [0.25, 0.3) is 0 Å². The molecule has 5 N–H and O–H groups in total.